The zero-order valence-electron chi connectivity index (χ0n) is 8.91. The van der Waals surface area contributed by atoms with Crippen LogP contribution in [0.2, 0.25) is 0 Å². The molecule has 0 aromatic heterocycles. The zero-order valence-corrected chi connectivity index (χ0v) is 8.91. The van der Waals surface area contributed by atoms with Gasteiger partial charge in [-0.15, -0.1) is 0 Å². The Bertz CT molecular complexity index is 390. The van der Waals surface area contributed by atoms with Crippen molar-refractivity contribution in [3.8, 4) is 0 Å². The summed E-state index contributed by atoms with van der Waals surface area (Å²) in [5.41, 5.74) is 4.78. The summed E-state index contributed by atoms with van der Waals surface area (Å²) in [6, 6.07) is 4.26. The van der Waals surface area contributed by atoms with Crippen molar-refractivity contribution in [2.45, 2.75) is 26.9 Å². The molecule has 1 nitrogen and oxygen atoms in total. The van der Waals surface area contributed by atoms with Gasteiger partial charge < -0.3 is 5.11 Å². The monoisotopic (exact) mass is 188 g/mol. The molecule has 1 aromatic carbocycles. The molecule has 0 saturated heterocycles. The highest BCUT2D eigenvalue weighted by Crippen LogP contribution is 2.33. The summed E-state index contributed by atoms with van der Waals surface area (Å²) in [7, 11) is 0. The molecule has 14 heavy (non-hydrogen) atoms. The summed E-state index contributed by atoms with van der Waals surface area (Å²) < 4.78 is 0. The molecule has 0 bridgehead atoms. The van der Waals surface area contributed by atoms with Crippen molar-refractivity contribution in [3.63, 3.8) is 0 Å². The van der Waals surface area contributed by atoms with E-state index in [2.05, 4.69) is 38.1 Å². The summed E-state index contributed by atoms with van der Waals surface area (Å²) in [6.45, 7) is 6.23. The molecule has 0 heterocycles. The first-order chi connectivity index (χ1) is 6.59. The quantitative estimate of drug-likeness (QED) is 0.663. The van der Waals surface area contributed by atoms with Crippen LogP contribution in [0.1, 0.15) is 35.3 Å². The largest absolute Gasteiger partial charge is 0.388 e. The summed E-state index contributed by atoms with van der Waals surface area (Å²) in [6.07, 6.45) is 3.84. The third kappa shape index (κ3) is 1.38. The van der Waals surface area contributed by atoms with Gasteiger partial charge in [0.1, 0.15) is 0 Å². The SMILES string of the molecule is Cc1cc2c(cc1C)C(O)C(C)C=C2. The van der Waals surface area contributed by atoms with Crippen LogP contribution < -0.4 is 0 Å². The van der Waals surface area contributed by atoms with E-state index in [0.29, 0.717) is 0 Å². The first-order valence-corrected chi connectivity index (χ1v) is 5.07. The highest BCUT2D eigenvalue weighted by Gasteiger charge is 2.20. The number of hydrogen-bond donors (Lipinski definition) is 1. The zero-order chi connectivity index (χ0) is 10.3. The number of aliphatic hydroxyl groups excluding tert-OH is 1. The van der Waals surface area contributed by atoms with Crippen molar-refractivity contribution < 1.29 is 5.11 Å². The molecular formula is C13H16O. The lowest BCUT2D eigenvalue weighted by Gasteiger charge is -2.23. The molecule has 1 aliphatic carbocycles. The Morgan fingerprint density at radius 1 is 1.14 bits per heavy atom. The Hall–Kier alpha value is -1.08. The van der Waals surface area contributed by atoms with Crippen molar-refractivity contribution in [3.05, 3.63) is 40.5 Å². The molecular weight excluding hydrogens is 172 g/mol. The molecule has 0 fully saturated rings. The molecule has 1 heteroatoms. The maximum atomic E-state index is 9.99. The van der Waals surface area contributed by atoms with Gasteiger partial charge in [-0.25, -0.2) is 0 Å². The molecule has 1 aromatic rings. The Kier molecular flexibility index (Phi) is 2.20. The predicted molar refractivity (Wildman–Crippen MR) is 59.1 cm³/mol. The number of aliphatic hydroxyl groups is 1. The van der Waals surface area contributed by atoms with E-state index in [1.807, 2.05) is 6.92 Å². The maximum Gasteiger partial charge on any atom is 0.0855 e. The first kappa shape index (κ1) is 9.47. The van der Waals surface area contributed by atoms with Crippen LogP contribution in [0.15, 0.2) is 18.2 Å². The molecule has 2 unspecified atom stereocenters. The molecule has 2 atom stereocenters. The number of benzene rings is 1. The van der Waals surface area contributed by atoms with Gasteiger partial charge >= 0.3 is 0 Å². The molecule has 0 radical (unpaired) electrons. The topological polar surface area (TPSA) is 20.2 Å². The summed E-state index contributed by atoms with van der Waals surface area (Å²) >= 11 is 0. The van der Waals surface area contributed by atoms with E-state index in [4.69, 9.17) is 0 Å². The fraction of sp³-hybridized carbons (Fsp3) is 0.385. The van der Waals surface area contributed by atoms with Crippen LogP contribution in [0.25, 0.3) is 6.08 Å². The van der Waals surface area contributed by atoms with E-state index < -0.39 is 0 Å². The smallest absolute Gasteiger partial charge is 0.0855 e. The summed E-state index contributed by atoms with van der Waals surface area (Å²) in [5, 5.41) is 9.99. The highest BCUT2D eigenvalue weighted by atomic mass is 16.3. The molecule has 1 aliphatic rings. The Morgan fingerprint density at radius 3 is 2.50 bits per heavy atom. The van der Waals surface area contributed by atoms with Gasteiger partial charge in [-0.2, -0.15) is 0 Å². The van der Waals surface area contributed by atoms with Crippen LogP contribution in [0.4, 0.5) is 0 Å². The number of aryl methyl sites for hydroxylation is 2. The second-order valence-corrected chi connectivity index (χ2v) is 4.23. The van der Waals surface area contributed by atoms with Crippen molar-refractivity contribution in [1.82, 2.24) is 0 Å². The van der Waals surface area contributed by atoms with E-state index >= 15 is 0 Å². The van der Waals surface area contributed by atoms with Gasteiger partial charge in [-0.05, 0) is 36.1 Å². The van der Waals surface area contributed by atoms with Gasteiger partial charge in [-0.3, -0.25) is 0 Å². The number of rotatable bonds is 0. The third-order valence-electron chi connectivity index (χ3n) is 3.10. The Morgan fingerprint density at radius 2 is 1.79 bits per heavy atom. The summed E-state index contributed by atoms with van der Waals surface area (Å²) in [4.78, 5) is 0. The lowest BCUT2D eigenvalue weighted by molar-refractivity contribution is 0.138. The number of fused-ring (bicyclic) bond motifs is 1. The van der Waals surface area contributed by atoms with Gasteiger partial charge in [0.25, 0.3) is 0 Å². The molecule has 2 rings (SSSR count). The second-order valence-electron chi connectivity index (χ2n) is 4.23. The number of hydrogen-bond acceptors (Lipinski definition) is 1. The normalized spacial score (nSPS) is 24.9. The van der Waals surface area contributed by atoms with Crippen LogP contribution in [0.5, 0.6) is 0 Å². The lowest BCUT2D eigenvalue weighted by atomic mass is 9.86. The van der Waals surface area contributed by atoms with Crippen LogP contribution in [-0.2, 0) is 0 Å². The lowest BCUT2D eigenvalue weighted by Crippen LogP contribution is -2.12. The molecule has 74 valence electrons. The van der Waals surface area contributed by atoms with Crippen LogP contribution in [0.3, 0.4) is 0 Å². The standard InChI is InChI=1S/C13H16O/c1-8-4-5-11-6-9(2)10(3)7-12(11)13(8)14/h4-8,13-14H,1-3H3. The minimum absolute atomic E-state index is 0.226. The van der Waals surface area contributed by atoms with E-state index in [9.17, 15) is 5.11 Å². The third-order valence-corrected chi connectivity index (χ3v) is 3.10. The molecule has 0 saturated carbocycles. The minimum atomic E-state index is -0.339. The molecule has 0 aliphatic heterocycles. The van der Waals surface area contributed by atoms with Gasteiger partial charge in [0.15, 0.2) is 0 Å². The molecule has 0 spiro atoms. The minimum Gasteiger partial charge on any atom is -0.388 e. The van der Waals surface area contributed by atoms with Crippen molar-refractivity contribution in [2.24, 2.45) is 5.92 Å². The van der Waals surface area contributed by atoms with Gasteiger partial charge in [0.2, 0.25) is 0 Å². The second kappa shape index (κ2) is 3.25. The predicted octanol–water partition coefficient (Wildman–Crippen LogP) is 3.00. The van der Waals surface area contributed by atoms with E-state index in [0.717, 1.165) is 5.56 Å². The maximum absolute atomic E-state index is 9.99. The van der Waals surface area contributed by atoms with E-state index in [1.165, 1.54) is 16.7 Å². The van der Waals surface area contributed by atoms with Gasteiger partial charge in [-0.1, -0.05) is 31.2 Å². The Labute approximate surface area is 85.1 Å². The molecule has 0 amide bonds. The van der Waals surface area contributed by atoms with Crippen molar-refractivity contribution >= 4 is 6.08 Å². The van der Waals surface area contributed by atoms with Crippen molar-refractivity contribution in [2.75, 3.05) is 0 Å². The molecule has 1 N–H and O–H groups in total. The Balaban J connectivity index is 2.58. The average Bonchev–Trinajstić information content (AvgIpc) is 2.15. The van der Waals surface area contributed by atoms with Gasteiger partial charge in [0.05, 0.1) is 6.10 Å². The average molecular weight is 188 g/mol. The van der Waals surface area contributed by atoms with E-state index in [-0.39, 0.29) is 12.0 Å². The van der Waals surface area contributed by atoms with Crippen LogP contribution in [0, 0.1) is 19.8 Å². The summed E-state index contributed by atoms with van der Waals surface area (Å²) in [5.74, 6) is 0.226. The van der Waals surface area contributed by atoms with Crippen LogP contribution in [-0.4, -0.2) is 5.11 Å². The highest BCUT2D eigenvalue weighted by molar-refractivity contribution is 5.60. The fourth-order valence-electron chi connectivity index (χ4n) is 1.91. The van der Waals surface area contributed by atoms with Gasteiger partial charge in [0, 0.05) is 5.92 Å². The van der Waals surface area contributed by atoms with E-state index in [1.54, 1.807) is 0 Å². The fourth-order valence-corrected chi connectivity index (χ4v) is 1.91. The van der Waals surface area contributed by atoms with Crippen molar-refractivity contribution in [1.29, 1.82) is 0 Å². The first-order valence-electron chi connectivity index (χ1n) is 5.07. The van der Waals surface area contributed by atoms with Crippen LogP contribution >= 0.6 is 0 Å².